The topological polar surface area (TPSA) is 79.6 Å². The molecule has 6 nitrogen and oxygen atoms in total. The molecular formula is C23H22N2O4. The highest BCUT2D eigenvalue weighted by Gasteiger charge is 2.33. The number of aromatic nitrogens is 1. The van der Waals surface area contributed by atoms with Crippen molar-refractivity contribution in [3.63, 3.8) is 0 Å². The summed E-state index contributed by atoms with van der Waals surface area (Å²) in [5, 5.41) is 9.48. The van der Waals surface area contributed by atoms with E-state index in [2.05, 4.69) is 0 Å². The molecular weight excluding hydrogens is 368 g/mol. The Hall–Kier alpha value is -3.51. The summed E-state index contributed by atoms with van der Waals surface area (Å²) in [6, 6.07) is 20.8. The molecule has 0 aliphatic rings. The standard InChI is InChI=1S/C23H22N2O4/c26-16-15-24(17-18-9-3-1-4-10-18)23(29)21(25-14-8-7-13-20(25)27)22(28)19-11-5-2-6-12-19/h1-14,21,26H,15-17H2. The number of rotatable bonds is 8. The Labute approximate surface area is 168 Å². The van der Waals surface area contributed by atoms with Crippen molar-refractivity contribution in [1.82, 2.24) is 9.47 Å². The Morgan fingerprint density at radius 3 is 2.14 bits per heavy atom. The first-order chi connectivity index (χ1) is 14.1. The predicted octanol–water partition coefficient (Wildman–Crippen LogP) is 2.29. The van der Waals surface area contributed by atoms with Gasteiger partial charge in [-0.15, -0.1) is 0 Å². The van der Waals surface area contributed by atoms with Crippen molar-refractivity contribution in [2.45, 2.75) is 12.6 Å². The van der Waals surface area contributed by atoms with Crippen LogP contribution in [0.1, 0.15) is 22.0 Å². The predicted molar refractivity (Wildman–Crippen MR) is 109 cm³/mol. The van der Waals surface area contributed by atoms with Gasteiger partial charge in [0, 0.05) is 30.9 Å². The third kappa shape index (κ3) is 4.86. The number of nitrogens with zero attached hydrogens (tertiary/aromatic N) is 2. The summed E-state index contributed by atoms with van der Waals surface area (Å²) >= 11 is 0. The molecule has 0 fully saturated rings. The average Bonchev–Trinajstić information content (AvgIpc) is 2.76. The largest absolute Gasteiger partial charge is 0.395 e. The van der Waals surface area contributed by atoms with Gasteiger partial charge < -0.3 is 10.0 Å². The summed E-state index contributed by atoms with van der Waals surface area (Å²) in [6.07, 6.45) is 1.44. The first kappa shape index (κ1) is 20.2. The molecule has 1 heterocycles. The smallest absolute Gasteiger partial charge is 0.254 e. The molecule has 1 aromatic heterocycles. The zero-order valence-corrected chi connectivity index (χ0v) is 15.8. The lowest BCUT2D eigenvalue weighted by molar-refractivity contribution is -0.134. The molecule has 29 heavy (non-hydrogen) atoms. The number of pyridine rings is 1. The third-order valence-electron chi connectivity index (χ3n) is 4.57. The van der Waals surface area contributed by atoms with Crippen LogP contribution in [0.25, 0.3) is 0 Å². The first-order valence-electron chi connectivity index (χ1n) is 9.32. The number of hydrogen-bond acceptors (Lipinski definition) is 4. The number of Topliss-reactive ketones (excluding diaryl/α,β-unsaturated/α-hetero) is 1. The molecule has 0 spiro atoms. The molecule has 3 rings (SSSR count). The average molecular weight is 390 g/mol. The molecule has 1 atom stereocenters. The van der Waals surface area contributed by atoms with Gasteiger partial charge >= 0.3 is 0 Å². The minimum absolute atomic E-state index is 0.0495. The van der Waals surface area contributed by atoms with Crippen molar-refractivity contribution in [1.29, 1.82) is 0 Å². The lowest BCUT2D eigenvalue weighted by Gasteiger charge is -2.27. The number of ketones is 1. The highest BCUT2D eigenvalue weighted by atomic mass is 16.3. The van der Waals surface area contributed by atoms with E-state index in [1.165, 1.54) is 17.2 Å². The van der Waals surface area contributed by atoms with Crippen molar-refractivity contribution in [2.24, 2.45) is 0 Å². The zero-order chi connectivity index (χ0) is 20.6. The van der Waals surface area contributed by atoms with Crippen LogP contribution < -0.4 is 5.56 Å². The molecule has 1 unspecified atom stereocenters. The Kier molecular flexibility index (Phi) is 6.71. The molecule has 0 bridgehead atoms. The second-order valence-electron chi connectivity index (χ2n) is 6.55. The lowest BCUT2D eigenvalue weighted by atomic mass is 10.0. The first-order valence-corrected chi connectivity index (χ1v) is 9.32. The van der Waals surface area contributed by atoms with Crippen LogP contribution >= 0.6 is 0 Å². The number of carbonyl (C=O) groups is 2. The maximum Gasteiger partial charge on any atom is 0.254 e. The van der Waals surface area contributed by atoms with Gasteiger partial charge in [-0.3, -0.25) is 19.0 Å². The molecule has 0 saturated carbocycles. The minimum atomic E-state index is -1.35. The number of carbonyl (C=O) groups excluding carboxylic acids is 2. The summed E-state index contributed by atoms with van der Waals surface area (Å²) in [7, 11) is 0. The van der Waals surface area contributed by atoms with E-state index in [0.717, 1.165) is 10.1 Å². The van der Waals surface area contributed by atoms with E-state index >= 15 is 0 Å². The van der Waals surface area contributed by atoms with Crippen LogP contribution in [0, 0.1) is 0 Å². The summed E-state index contributed by atoms with van der Waals surface area (Å²) in [5.74, 6) is -1.01. The van der Waals surface area contributed by atoms with E-state index < -0.39 is 23.3 Å². The van der Waals surface area contributed by atoms with Crippen LogP contribution in [-0.2, 0) is 11.3 Å². The van der Waals surface area contributed by atoms with Gasteiger partial charge in [0.25, 0.3) is 11.5 Å². The van der Waals surface area contributed by atoms with Gasteiger partial charge in [0.05, 0.1) is 6.61 Å². The van der Waals surface area contributed by atoms with E-state index in [1.54, 1.807) is 42.5 Å². The second kappa shape index (κ2) is 9.61. The van der Waals surface area contributed by atoms with Gasteiger partial charge in [-0.05, 0) is 11.6 Å². The molecule has 0 aliphatic heterocycles. The quantitative estimate of drug-likeness (QED) is 0.473. The van der Waals surface area contributed by atoms with Crippen molar-refractivity contribution < 1.29 is 14.7 Å². The number of hydrogen-bond donors (Lipinski definition) is 1. The van der Waals surface area contributed by atoms with Crippen molar-refractivity contribution in [2.75, 3.05) is 13.2 Å². The molecule has 6 heteroatoms. The van der Waals surface area contributed by atoms with Crippen molar-refractivity contribution >= 4 is 11.7 Å². The monoisotopic (exact) mass is 390 g/mol. The van der Waals surface area contributed by atoms with Crippen LogP contribution in [-0.4, -0.2) is 39.4 Å². The Bertz CT molecular complexity index is 1020. The van der Waals surface area contributed by atoms with Crippen molar-refractivity contribution in [3.05, 3.63) is 107 Å². The van der Waals surface area contributed by atoms with Crippen LogP contribution in [0.2, 0.25) is 0 Å². The van der Waals surface area contributed by atoms with E-state index in [4.69, 9.17) is 0 Å². The van der Waals surface area contributed by atoms with Gasteiger partial charge in [0.15, 0.2) is 11.8 Å². The Morgan fingerprint density at radius 2 is 1.52 bits per heavy atom. The fraction of sp³-hybridized carbons (Fsp3) is 0.174. The van der Waals surface area contributed by atoms with Gasteiger partial charge in [-0.1, -0.05) is 66.7 Å². The SMILES string of the molecule is O=C(c1ccccc1)C(C(=O)N(CCO)Cc1ccccc1)n1ccccc1=O. The van der Waals surface area contributed by atoms with Crippen LogP contribution in [0.3, 0.4) is 0 Å². The van der Waals surface area contributed by atoms with E-state index in [-0.39, 0.29) is 19.7 Å². The molecule has 0 radical (unpaired) electrons. The molecule has 1 N–H and O–H groups in total. The molecule has 1 amide bonds. The number of aliphatic hydroxyl groups is 1. The number of amides is 1. The fourth-order valence-electron chi connectivity index (χ4n) is 3.14. The zero-order valence-electron chi connectivity index (χ0n) is 15.8. The van der Waals surface area contributed by atoms with E-state index in [9.17, 15) is 19.5 Å². The minimum Gasteiger partial charge on any atom is -0.395 e. The Morgan fingerprint density at radius 1 is 0.897 bits per heavy atom. The normalized spacial score (nSPS) is 11.6. The van der Waals surface area contributed by atoms with E-state index in [1.807, 2.05) is 30.3 Å². The second-order valence-corrected chi connectivity index (χ2v) is 6.55. The van der Waals surface area contributed by atoms with Crippen LogP contribution in [0.5, 0.6) is 0 Å². The van der Waals surface area contributed by atoms with Crippen molar-refractivity contribution in [3.8, 4) is 0 Å². The molecule has 0 aliphatic carbocycles. The summed E-state index contributed by atoms with van der Waals surface area (Å²) in [4.78, 5) is 40.5. The van der Waals surface area contributed by atoms with Gasteiger partial charge in [-0.2, -0.15) is 0 Å². The highest BCUT2D eigenvalue weighted by Crippen LogP contribution is 2.18. The molecule has 148 valence electrons. The van der Waals surface area contributed by atoms with Gasteiger partial charge in [0.2, 0.25) is 0 Å². The van der Waals surface area contributed by atoms with Crippen LogP contribution in [0.4, 0.5) is 0 Å². The van der Waals surface area contributed by atoms with Gasteiger partial charge in [0.1, 0.15) is 0 Å². The molecule has 2 aromatic carbocycles. The Balaban J connectivity index is 2.01. The highest BCUT2D eigenvalue weighted by molar-refractivity contribution is 6.11. The van der Waals surface area contributed by atoms with E-state index in [0.29, 0.717) is 5.56 Å². The maximum atomic E-state index is 13.4. The number of aliphatic hydroxyl groups excluding tert-OH is 1. The lowest BCUT2D eigenvalue weighted by Crippen LogP contribution is -2.44. The molecule has 0 saturated heterocycles. The molecule has 3 aromatic rings. The third-order valence-corrected chi connectivity index (χ3v) is 4.57. The van der Waals surface area contributed by atoms with Gasteiger partial charge in [-0.25, -0.2) is 0 Å². The van der Waals surface area contributed by atoms with Crippen LogP contribution in [0.15, 0.2) is 89.9 Å². The summed E-state index contributed by atoms with van der Waals surface area (Å²) < 4.78 is 1.15. The summed E-state index contributed by atoms with van der Waals surface area (Å²) in [6.45, 7) is 0.0166. The number of benzene rings is 2. The summed E-state index contributed by atoms with van der Waals surface area (Å²) in [5.41, 5.74) is 0.754. The fourth-order valence-corrected chi connectivity index (χ4v) is 3.14. The maximum absolute atomic E-state index is 13.4.